The van der Waals surface area contributed by atoms with Crippen LogP contribution in [0.25, 0.3) is 5.69 Å². The first-order valence-corrected chi connectivity index (χ1v) is 7.98. The summed E-state index contributed by atoms with van der Waals surface area (Å²) in [5, 5.41) is 21.7. The fourth-order valence-corrected chi connectivity index (χ4v) is 2.61. The van der Waals surface area contributed by atoms with Crippen molar-refractivity contribution < 1.29 is 9.90 Å². The second-order valence-electron chi connectivity index (χ2n) is 6.25. The Morgan fingerprint density at radius 3 is 2.60 bits per heavy atom. The van der Waals surface area contributed by atoms with Crippen LogP contribution in [0.15, 0.2) is 48.9 Å². The maximum atomic E-state index is 12.5. The number of benzene rings is 1. The zero-order valence-corrected chi connectivity index (χ0v) is 14.5. The molecule has 1 unspecified atom stereocenters. The average Bonchev–Trinajstić information content (AvgIpc) is 3.20. The summed E-state index contributed by atoms with van der Waals surface area (Å²) in [6.45, 7) is 3.56. The summed E-state index contributed by atoms with van der Waals surface area (Å²) in [6, 6.07) is 9.61. The summed E-state index contributed by atoms with van der Waals surface area (Å²) in [4.78, 5) is 12.5. The molecule has 0 saturated carbocycles. The van der Waals surface area contributed by atoms with Gasteiger partial charge in [0, 0.05) is 18.8 Å². The lowest BCUT2D eigenvalue weighted by Gasteiger charge is -2.22. The van der Waals surface area contributed by atoms with Crippen LogP contribution in [-0.2, 0) is 12.6 Å². The highest BCUT2D eigenvalue weighted by molar-refractivity contribution is 5.95. The third-order valence-corrected chi connectivity index (χ3v) is 4.18. The van der Waals surface area contributed by atoms with Gasteiger partial charge in [-0.15, -0.1) is 0 Å². The number of aliphatic hydroxyl groups is 1. The smallest absolute Gasteiger partial charge is 0.254 e. The highest BCUT2D eigenvalue weighted by atomic mass is 16.3. The molecule has 0 aliphatic carbocycles. The Morgan fingerprint density at radius 1 is 1.24 bits per heavy atom. The van der Waals surface area contributed by atoms with Crippen LogP contribution in [0.4, 0.5) is 0 Å². The lowest BCUT2D eigenvalue weighted by atomic mass is 9.99. The molecule has 0 radical (unpaired) electrons. The highest BCUT2D eigenvalue weighted by Crippen LogP contribution is 2.19. The zero-order valence-electron chi connectivity index (χ0n) is 14.5. The maximum Gasteiger partial charge on any atom is 0.254 e. The van der Waals surface area contributed by atoms with Crippen LogP contribution >= 0.6 is 0 Å². The summed E-state index contributed by atoms with van der Waals surface area (Å²) >= 11 is 0. The summed E-state index contributed by atoms with van der Waals surface area (Å²) in [5.74, 6) is -0.274. The van der Waals surface area contributed by atoms with Gasteiger partial charge >= 0.3 is 0 Å². The Kier molecular flexibility index (Phi) is 4.41. The largest absolute Gasteiger partial charge is 0.383 e. The molecule has 2 heterocycles. The van der Waals surface area contributed by atoms with E-state index in [4.69, 9.17) is 0 Å². The van der Waals surface area contributed by atoms with Gasteiger partial charge in [0.2, 0.25) is 0 Å². The number of hydrogen-bond donors (Lipinski definition) is 2. The Balaban J connectivity index is 1.73. The average molecular weight is 339 g/mol. The van der Waals surface area contributed by atoms with Crippen molar-refractivity contribution in [2.24, 2.45) is 7.05 Å². The first-order chi connectivity index (χ1) is 11.9. The summed E-state index contributed by atoms with van der Waals surface area (Å²) in [7, 11) is 1.78. The number of aryl methyl sites for hydroxylation is 1. The van der Waals surface area contributed by atoms with Gasteiger partial charge in [0.25, 0.3) is 5.91 Å². The van der Waals surface area contributed by atoms with Crippen LogP contribution < -0.4 is 5.32 Å². The Labute approximate surface area is 145 Å². The van der Waals surface area contributed by atoms with Gasteiger partial charge in [-0.05, 0) is 26.0 Å². The minimum Gasteiger partial charge on any atom is -0.383 e. The fourth-order valence-electron chi connectivity index (χ4n) is 2.61. The van der Waals surface area contributed by atoms with Crippen molar-refractivity contribution in [1.82, 2.24) is 24.9 Å². The number of amides is 1. The molecule has 1 aromatic carbocycles. The summed E-state index contributed by atoms with van der Waals surface area (Å²) < 4.78 is 3.33. The Hall–Kier alpha value is -2.93. The van der Waals surface area contributed by atoms with Crippen molar-refractivity contribution in [1.29, 1.82) is 0 Å². The van der Waals surface area contributed by atoms with Gasteiger partial charge < -0.3 is 10.4 Å². The zero-order chi connectivity index (χ0) is 18.0. The normalized spacial score (nSPS) is 13.4. The monoisotopic (exact) mass is 339 g/mol. The van der Waals surface area contributed by atoms with E-state index in [0.717, 1.165) is 11.4 Å². The predicted octanol–water partition coefficient (Wildman–Crippen LogP) is 1.55. The van der Waals surface area contributed by atoms with E-state index in [2.05, 4.69) is 15.5 Å². The minimum absolute atomic E-state index is 0.0769. The fraction of sp³-hybridized carbons (Fsp3) is 0.278. The molecule has 3 rings (SSSR count). The second kappa shape index (κ2) is 6.52. The van der Waals surface area contributed by atoms with Gasteiger partial charge in [-0.3, -0.25) is 9.48 Å². The standard InChI is InChI=1S/C18H21N5O2/c1-13-16(10-21-23(13)15-7-5-4-6-8-15)17(24)19-12-18(2,25)14-9-20-22(3)11-14/h4-11,25H,12H2,1-3H3,(H,19,24). The molecule has 7 heteroatoms. The molecular weight excluding hydrogens is 318 g/mol. The van der Waals surface area contributed by atoms with Gasteiger partial charge in [-0.25, -0.2) is 4.68 Å². The van der Waals surface area contributed by atoms with Gasteiger partial charge in [-0.2, -0.15) is 10.2 Å². The third kappa shape index (κ3) is 3.46. The van der Waals surface area contributed by atoms with Crippen molar-refractivity contribution >= 4 is 5.91 Å². The van der Waals surface area contributed by atoms with Crippen molar-refractivity contribution in [3.05, 3.63) is 65.7 Å². The molecule has 2 N–H and O–H groups in total. The van der Waals surface area contributed by atoms with Gasteiger partial charge in [0.15, 0.2) is 0 Å². The molecule has 0 fully saturated rings. The summed E-state index contributed by atoms with van der Waals surface area (Å²) in [5.41, 5.74) is 1.55. The van der Waals surface area contributed by atoms with E-state index in [1.807, 2.05) is 37.3 Å². The number of nitrogens with one attached hydrogen (secondary N) is 1. The topological polar surface area (TPSA) is 85.0 Å². The van der Waals surface area contributed by atoms with E-state index in [1.165, 1.54) is 6.20 Å². The number of aromatic nitrogens is 4. The van der Waals surface area contributed by atoms with Gasteiger partial charge in [-0.1, -0.05) is 18.2 Å². The summed E-state index contributed by atoms with van der Waals surface area (Å²) in [6.07, 6.45) is 4.85. The number of carbonyl (C=O) groups is 1. The molecule has 1 amide bonds. The molecule has 3 aromatic rings. The van der Waals surface area contributed by atoms with Gasteiger partial charge in [0.05, 0.1) is 35.9 Å². The SMILES string of the molecule is Cc1c(C(=O)NCC(C)(O)c2cnn(C)c2)cnn1-c1ccccc1. The number of para-hydroxylation sites is 1. The molecule has 2 aromatic heterocycles. The molecule has 0 bridgehead atoms. The molecule has 0 saturated heterocycles. The predicted molar refractivity (Wildman–Crippen MR) is 93.4 cm³/mol. The van der Waals surface area contributed by atoms with Crippen molar-refractivity contribution in [2.75, 3.05) is 6.54 Å². The van der Waals surface area contributed by atoms with Crippen molar-refractivity contribution in [3.8, 4) is 5.69 Å². The molecule has 1 atom stereocenters. The number of nitrogens with zero attached hydrogens (tertiary/aromatic N) is 4. The lowest BCUT2D eigenvalue weighted by molar-refractivity contribution is 0.0525. The molecule has 0 aliphatic rings. The molecular formula is C18H21N5O2. The van der Waals surface area contributed by atoms with E-state index in [0.29, 0.717) is 11.1 Å². The van der Waals surface area contributed by atoms with Crippen molar-refractivity contribution in [3.63, 3.8) is 0 Å². The minimum atomic E-state index is -1.20. The first-order valence-electron chi connectivity index (χ1n) is 7.98. The third-order valence-electron chi connectivity index (χ3n) is 4.18. The quantitative estimate of drug-likeness (QED) is 0.739. The maximum absolute atomic E-state index is 12.5. The van der Waals surface area contributed by atoms with Crippen LogP contribution in [-0.4, -0.2) is 37.1 Å². The van der Waals surface area contributed by atoms with Crippen LogP contribution in [0.2, 0.25) is 0 Å². The van der Waals surface area contributed by atoms with E-state index < -0.39 is 5.60 Å². The van der Waals surface area contributed by atoms with Crippen LogP contribution in [0.5, 0.6) is 0 Å². The second-order valence-corrected chi connectivity index (χ2v) is 6.25. The molecule has 0 spiro atoms. The molecule has 25 heavy (non-hydrogen) atoms. The van der Waals surface area contributed by atoms with Crippen molar-refractivity contribution in [2.45, 2.75) is 19.4 Å². The first kappa shape index (κ1) is 16.9. The molecule has 130 valence electrons. The Morgan fingerprint density at radius 2 is 1.96 bits per heavy atom. The van der Waals surface area contributed by atoms with E-state index in [1.54, 1.807) is 35.7 Å². The Bertz CT molecular complexity index is 880. The van der Waals surface area contributed by atoms with Crippen LogP contribution in [0.3, 0.4) is 0 Å². The van der Waals surface area contributed by atoms with E-state index in [9.17, 15) is 9.90 Å². The molecule has 7 nitrogen and oxygen atoms in total. The number of hydrogen-bond acceptors (Lipinski definition) is 4. The number of rotatable bonds is 5. The van der Waals surface area contributed by atoms with Crippen LogP contribution in [0.1, 0.15) is 28.5 Å². The number of carbonyl (C=O) groups excluding carboxylic acids is 1. The van der Waals surface area contributed by atoms with Crippen LogP contribution in [0, 0.1) is 6.92 Å². The highest BCUT2D eigenvalue weighted by Gasteiger charge is 2.26. The van der Waals surface area contributed by atoms with E-state index >= 15 is 0 Å². The van der Waals surface area contributed by atoms with Gasteiger partial charge in [0.1, 0.15) is 5.60 Å². The van der Waals surface area contributed by atoms with E-state index in [-0.39, 0.29) is 12.5 Å². The molecule has 0 aliphatic heterocycles. The lowest BCUT2D eigenvalue weighted by Crippen LogP contribution is -2.38.